The number of nitrogens with one attached hydrogen (secondary N) is 1. The Balaban J connectivity index is 2.01. The third-order valence-electron chi connectivity index (χ3n) is 4.69. The number of carbonyl (C=O) groups is 2. The van der Waals surface area contributed by atoms with Gasteiger partial charge in [0.2, 0.25) is 15.9 Å². The van der Waals surface area contributed by atoms with E-state index in [4.69, 9.17) is 4.74 Å². The second-order valence-corrected chi connectivity index (χ2v) is 8.68. The lowest BCUT2D eigenvalue weighted by atomic mass is 10.0. The van der Waals surface area contributed by atoms with Gasteiger partial charge in [-0.25, -0.2) is 8.42 Å². The van der Waals surface area contributed by atoms with E-state index >= 15 is 0 Å². The fourth-order valence-corrected chi connectivity index (χ4v) is 5.26. The average molecular weight is 397 g/mol. The number of rotatable bonds is 7. The standard InChI is InChI=1S/C19H28N2O5S/c1-4-26-19(23)13-12-18(22)20-16-8-10-17(11-9-16)27(24,25)21-14(2)6-5-7-15(21)3/h8-11,14-15H,4-7,12-13H2,1-3H3,(H,20,22). The molecule has 1 aromatic rings. The summed E-state index contributed by atoms with van der Waals surface area (Å²) in [6, 6.07) is 6.08. The van der Waals surface area contributed by atoms with Crippen LogP contribution in [0.1, 0.15) is 52.9 Å². The Morgan fingerprint density at radius 2 is 1.70 bits per heavy atom. The first-order valence-corrected chi connectivity index (χ1v) is 10.8. The van der Waals surface area contributed by atoms with Crippen LogP contribution < -0.4 is 5.32 Å². The molecule has 1 aliphatic heterocycles. The summed E-state index contributed by atoms with van der Waals surface area (Å²) in [5.41, 5.74) is 0.488. The first-order valence-electron chi connectivity index (χ1n) is 9.34. The zero-order chi connectivity index (χ0) is 20.0. The van der Waals surface area contributed by atoms with E-state index in [1.807, 2.05) is 13.8 Å². The van der Waals surface area contributed by atoms with Crippen LogP contribution in [0.3, 0.4) is 0 Å². The number of hydrogen-bond acceptors (Lipinski definition) is 5. The molecular weight excluding hydrogens is 368 g/mol. The van der Waals surface area contributed by atoms with Gasteiger partial charge in [0.05, 0.1) is 17.9 Å². The Hall–Kier alpha value is -1.93. The van der Waals surface area contributed by atoms with Crippen molar-refractivity contribution in [1.82, 2.24) is 4.31 Å². The van der Waals surface area contributed by atoms with Gasteiger partial charge in [-0.1, -0.05) is 6.42 Å². The van der Waals surface area contributed by atoms with E-state index in [-0.39, 0.29) is 42.3 Å². The van der Waals surface area contributed by atoms with Crippen molar-refractivity contribution in [2.45, 2.75) is 69.9 Å². The first kappa shape index (κ1) is 21.4. The molecule has 7 nitrogen and oxygen atoms in total. The van der Waals surface area contributed by atoms with Crippen LogP contribution in [0.15, 0.2) is 29.2 Å². The summed E-state index contributed by atoms with van der Waals surface area (Å²) in [6.07, 6.45) is 2.78. The number of ether oxygens (including phenoxy) is 1. The molecule has 1 saturated heterocycles. The van der Waals surface area contributed by atoms with E-state index < -0.39 is 16.0 Å². The van der Waals surface area contributed by atoms with Crippen LogP contribution >= 0.6 is 0 Å². The minimum atomic E-state index is -3.57. The predicted octanol–water partition coefficient (Wildman–Crippen LogP) is 2.92. The smallest absolute Gasteiger partial charge is 0.306 e. The molecule has 1 aliphatic rings. The molecular formula is C19H28N2O5S. The van der Waals surface area contributed by atoms with Crippen LogP contribution in [0.4, 0.5) is 5.69 Å². The van der Waals surface area contributed by atoms with E-state index in [0.29, 0.717) is 5.69 Å². The van der Waals surface area contributed by atoms with Gasteiger partial charge in [-0.15, -0.1) is 0 Å². The van der Waals surface area contributed by atoms with E-state index in [0.717, 1.165) is 19.3 Å². The zero-order valence-corrected chi connectivity index (χ0v) is 16.9. The van der Waals surface area contributed by atoms with Crippen molar-refractivity contribution in [3.63, 3.8) is 0 Å². The van der Waals surface area contributed by atoms with Crippen molar-refractivity contribution in [2.75, 3.05) is 11.9 Å². The molecule has 27 heavy (non-hydrogen) atoms. The highest BCUT2D eigenvalue weighted by Gasteiger charge is 2.35. The molecule has 0 bridgehead atoms. The Morgan fingerprint density at radius 1 is 1.11 bits per heavy atom. The topological polar surface area (TPSA) is 92.8 Å². The second kappa shape index (κ2) is 9.32. The van der Waals surface area contributed by atoms with Gasteiger partial charge in [0.25, 0.3) is 0 Å². The monoisotopic (exact) mass is 396 g/mol. The summed E-state index contributed by atoms with van der Waals surface area (Å²) in [5.74, 6) is -0.740. The molecule has 1 N–H and O–H groups in total. The summed E-state index contributed by atoms with van der Waals surface area (Å²) in [4.78, 5) is 23.4. The van der Waals surface area contributed by atoms with Gasteiger partial charge in [0.15, 0.2) is 0 Å². The van der Waals surface area contributed by atoms with Crippen LogP contribution in [0.2, 0.25) is 0 Å². The van der Waals surface area contributed by atoms with Gasteiger partial charge < -0.3 is 10.1 Å². The minimum absolute atomic E-state index is 0.0108. The maximum Gasteiger partial charge on any atom is 0.306 e. The molecule has 150 valence electrons. The average Bonchev–Trinajstić information content (AvgIpc) is 2.60. The third-order valence-corrected chi connectivity index (χ3v) is 6.83. The Kier molecular flexibility index (Phi) is 7.38. The van der Waals surface area contributed by atoms with Crippen molar-refractivity contribution in [3.8, 4) is 0 Å². The molecule has 1 amide bonds. The quantitative estimate of drug-likeness (QED) is 0.716. The van der Waals surface area contributed by atoms with Crippen LogP contribution in [0, 0.1) is 0 Å². The van der Waals surface area contributed by atoms with Crippen molar-refractivity contribution in [3.05, 3.63) is 24.3 Å². The largest absolute Gasteiger partial charge is 0.466 e. The van der Waals surface area contributed by atoms with Gasteiger partial charge in [-0.2, -0.15) is 4.31 Å². The molecule has 0 saturated carbocycles. The SMILES string of the molecule is CCOC(=O)CCC(=O)Nc1ccc(S(=O)(=O)N2C(C)CCCC2C)cc1. The number of amides is 1. The molecule has 2 unspecified atom stereocenters. The van der Waals surface area contributed by atoms with Crippen LogP contribution in [-0.2, 0) is 24.3 Å². The fraction of sp³-hybridized carbons (Fsp3) is 0.579. The van der Waals surface area contributed by atoms with Crippen LogP contribution in [-0.4, -0.2) is 43.3 Å². The molecule has 0 aliphatic carbocycles. The van der Waals surface area contributed by atoms with E-state index in [9.17, 15) is 18.0 Å². The molecule has 2 rings (SSSR count). The van der Waals surface area contributed by atoms with Gasteiger partial charge in [0.1, 0.15) is 0 Å². The molecule has 8 heteroatoms. The molecule has 2 atom stereocenters. The number of benzene rings is 1. The van der Waals surface area contributed by atoms with Crippen molar-refractivity contribution in [1.29, 1.82) is 0 Å². The first-order chi connectivity index (χ1) is 12.8. The highest BCUT2D eigenvalue weighted by molar-refractivity contribution is 7.89. The fourth-order valence-electron chi connectivity index (χ4n) is 3.38. The normalized spacial score (nSPS) is 20.9. The lowest BCUT2D eigenvalue weighted by molar-refractivity contribution is -0.144. The molecule has 1 fully saturated rings. The highest BCUT2D eigenvalue weighted by atomic mass is 32.2. The summed E-state index contributed by atoms with van der Waals surface area (Å²) in [7, 11) is -3.57. The van der Waals surface area contributed by atoms with Gasteiger partial charge >= 0.3 is 5.97 Å². The number of esters is 1. The van der Waals surface area contributed by atoms with Crippen LogP contribution in [0.25, 0.3) is 0 Å². The second-order valence-electron chi connectivity index (χ2n) is 6.84. The van der Waals surface area contributed by atoms with E-state index in [1.54, 1.807) is 23.4 Å². The van der Waals surface area contributed by atoms with E-state index in [1.165, 1.54) is 12.1 Å². The van der Waals surface area contributed by atoms with Crippen molar-refractivity contribution >= 4 is 27.6 Å². The van der Waals surface area contributed by atoms with Crippen molar-refractivity contribution in [2.24, 2.45) is 0 Å². The number of piperidine rings is 1. The number of hydrogen-bond donors (Lipinski definition) is 1. The van der Waals surface area contributed by atoms with Crippen LogP contribution in [0.5, 0.6) is 0 Å². The Labute approximate surface area is 161 Å². The number of sulfonamides is 1. The highest BCUT2D eigenvalue weighted by Crippen LogP contribution is 2.29. The Morgan fingerprint density at radius 3 is 2.26 bits per heavy atom. The summed E-state index contributed by atoms with van der Waals surface area (Å²) in [5, 5.41) is 2.66. The van der Waals surface area contributed by atoms with Crippen molar-refractivity contribution < 1.29 is 22.7 Å². The van der Waals surface area contributed by atoms with Gasteiger partial charge in [0, 0.05) is 24.2 Å². The lowest BCUT2D eigenvalue weighted by Gasteiger charge is -2.37. The summed E-state index contributed by atoms with van der Waals surface area (Å²) in [6.45, 7) is 5.86. The Bertz CT molecular complexity index is 751. The summed E-state index contributed by atoms with van der Waals surface area (Å²) >= 11 is 0. The molecule has 0 aromatic heterocycles. The van der Waals surface area contributed by atoms with Gasteiger partial charge in [-0.3, -0.25) is 9.59 Å². The lowest BCUT2D eigenvalue weighted by Crippen LogP contribution is -2.47. The number of carbonyl (C=O) groups excluding carboxylic acids is 2. The van der Waals surface area contributed by atoms with Gasteiger partial charge in [-0.05, 0) is 57.9 Å². The summed E-state index contributed by atoms with van der Waals surface area (Å²) < 4.78 is 32.3. The molecule has 1 aromatic carbocycles. The third kappa shape index (κ3) is 5.52. The van der Waals surface area contributed by atoms with E-state index in [2.05, 4.69) is 5.32 Å². The number of nitrogens with zero attached hydrogens (tertiary/aromatic N) is 1. The maximum absolute atomic E-state index is 13.0. The maximum atomic E-state index is 13.0. The minimum Gasteiger partial charge on any atom is -0.466 e. The molecule has 1 heterocycles. The predicted molar refractivity (Wildman–Crippen MR) is 103 cm³/mol. The zero-order valence-electron chi connectivity index (χ0n) is 16.1. The molecule has 0 radical (unpaired) electrons. The molecule has 0 spiro atoms. The number of anilines is 1.